The van der Waals surface area contributed by atoms with Crippen molar-refractivity contribution >= 4 is 11.6 Å². The fourth-order valence-electron chi connectivity index (χ4n) is 3.59. The highest BCUT2D eigenvalue weighted by molar-refractivity contribution is 6.31. The predicted octanol–water partition coefficient (Wildman–Crippen LogP) is 6.89. The van der Waals surface area contributed by atoms with Crippen molar-refractivity contribution in [2.45, 2.75) is 45.0 Å². The second-order valence-corrected chi connectivity index (χ2v) is 7.49. The van der Waals surface area contributed by atoms with E-state index in [0.717, 1.165) is 36.1 Å². The van der Waals surface area contributed by atoms with E-state index in [-0.39, 0.29) is 12.0 Å². The molecule has 2 aromatic carbocycles. The zero-order valence-electron chi connectivity index (χ0n) is 16.6. The third-order valence-electron chi connectivity index (χ3n) is 5.09. The van der Waals surface area contributed by atoms with Gasteiger partial charge in [-0.3, -0.25) is 0 Å². The molecule has 0 N–H and O–H groups in total. The van der Waals surface area contributed by atoms with E-state index < -0.39 is 6.29 Å². The summed E-state index contributed by atoms with van der Waals surface area (Å²) in [5.74, 6) is 1.10. The van der Waals surface area contributed by atoms with E-state index in [0.29, 0.717) is 11.6 Å². The second kappa shape index (κ2) is 10.7. The summed E-state index contributed by atoms with van der Waals surface area (Å²) in [6.07, 6.45) is 8.26. The highest BCUT2D eigenvalue weighted by Gasteiger charge is 2.35. The highest BCUT2D eigenvalue weighted by atomic mass is 35.5. The minimum Gasteiger partial charge on any atom is -0.496 e. The molecule has 0 aromatic heterocycles. The lowest BCUT2D eigenvalue weighted by atomic mass is 9.90. The van der Waals surface area contributed by atoms with Gasteiger partial charge in [-0.25, -0.2) is 0 Å². The molecule has 1 heterocycles. The molecule has 3 unspecified atom stereocenters. The van der Waals surface area contributed by atoms with Gasteiger partial charge < -0.3 is 14.2 Å². The molecule has 0 aliphatic carbocycles. The maximum absolute atomic E-state index is 6.46. The zero-order chi connectivity index (χ0) is 19.8. The van der Waals surface area contributed by atoms with Crippen LogP contribution in [0, 0.1) is 5.92 Å². The van der Waals surface area contributed by atoms with Crippen LogP contribution in [0.1, 0.15) is 56.1 Å². The molecule has 0 spiro atoms. The van der Waals surface area contributed by atoms with Crippen molar-refractivity contribution in [3.63, 3.8) is 0 Å². The largest absolute Gasteiger partial charge is 0.496 e. The van der Waals surface area contributed by atoms with Gasteiger partial charge in [0.2, 0.25) is 0 Å². The summed E-state index contributed by atoms with van der Waals surface area (Å²) in [6.45, 7) is 2.82. The average molecular weight is 401 g/mol. The molecular weight excluding hydrogens is 372 g/mol. The van der Waals surface area contributed by atoms with Crippen molar-refractivity contribution in [3.8, 4) is 5.75 Å². The van der Waals surface area contributed by atoms with Crippen LogP contribution in [0.2, 0.25) is 5.02 Å². The number of hydrogen-bond donors (Lipinski definition) is 0. The summed E-state index contributed by atoms with van der Waals surface area (Å²) in [4.78, 5) is 0. The molecule has 1 fully saturated rings. The number of ether oxygens (including phenoxy) is 3. The summed E-state index contributed by atoms with van der Waals surface area (Å²) in [5, 5.41) is 0.659. The first-order chi connectivity index (χ1) is 13.7. The maximum atomic E-state index is 6.46. The van der Waals surface area contributed by atoms with Gasteiger partial charge in [0, 0.05) is 22.1 Å². The van der Waals surface area contributed by atoms with Crippen LogP contribution in [0.5, 0.6) is 5.75 Å². The van der Waals surface area contributed by atoms with Gasteiger partial charge in [-0.1, -0.05) is 73.5 Å². The van der Waals surface area contributed by atoms with Gasteiger partial charge in [0.25, 0.3) is 0 Å². The fraction of sp³-hybridized carbons (Fsp3) is 0.417. The summed E-state index contributed by atoms with van der Waals surface area (Å²) in [5.41, 5.74) is 1.93. The number of benzene rings is 2. The zero-order valence-corrected chi connectivity index (χ0v) is 17.4. The SMILES string of the molecule is CCC/C=C\CCC1COC(c2ccccc2Cl)OC1c1ccccc1OC. The van der Waals surface area contributed by atoms with Crippen LogP contribution in [-0.4, -0.2) is 13.7 Å². The molecule has 1 aliphatic heterocycles. The van der Waals surface area contributed by atoms with E-state index in [4.69, 9.17) is 25.8 Å². The first-order valence-electron chi connectivity index (χ1n) is 10.0. The molecule has 3 rings (SSSR count). The van der Waals surface area contributed by atoms with Crippen LogP contribution in [0.25, 0.3) is 0 Å². The van der Waals surface area contributed by atoms with Crippen LogP contribution in [0.3, 0.4) is 0 Å². The van der Waals surface area contributed by atoms with Gasteiger partial charge in [-0.05, 0) is 31.4 Å². The Balaban J connectivity index is 1.81. The minimum absolute atomic E-state index is 0.106. The Morgan fingerprint density at radius 1 is 1.04 bits per heavy atom. The molecule has 0 radical (unpaired) electrons. The Kier molecular flexibility index (Phi) is 7.96. The van der Waals surface area contributed by atoms with Gasteiger partial charge in [0.05, 0.1) is 19.8 Å². The lowest BCUT2D eigenvalue weighted by Gasteiger charge is -2.37. The summed E-state index contributed by atoms with van der Waals surface area (Å²) < 4.78 is 18.2. The average Bonchev–Trinajstić information content (AvgIpc) is 2.74. The Hall–Kier alpha value is -1.81. The molecule has 3 nitrogen and oxygen atoms in total. The molecule has 28 heavy (non-hydrogen) atoms. The Morgan fingerprint density at radius 3 is 2.50 bits per heavy atom. The molecular formula is C24H29ClO3. The smallest absolute Gasteiger partial charge is 0.185 e. The monoisotopic (exact) mass is 400 g/mol. The van der Waals surface area contributed by atoms with Crippen molar-refractivity contribution < 1.29 is 14.2 Å². The topological polar surface area (TPSA) is 27.7 Å². The number of para-hydroxylation sites is 1. The third kappa shape index (κ3) is 5.16. The van der Waals surface area contributed by atoms with Crippen molar-refractivity contribution in [2.24, 2.45) is 5.92 Å². The molecule has 0 amide bonds. The van der Waals surface area contributed by atoms with Gasteiger partial charge in [0.15, 0.2) is 6.29 Å². The van der Waals surface area contributed by atoms with E-state index >= 15 is 0 Å². The van der Waals surface area contributed by atoms with Gasteiger partial charge in [0.1, 0.15) is 5.75 Å². The number of hydrogen-bond acceptors (Lipinski definition) is 3. The van der Waals surface area contributed by atoms with Gasteiger partial charge in [-0.15, -0.1) is 0 Å². The van der Waals surface area contributed by atoms with Crippen LogP contribution in [0.15, 0.2) is 60.7 Å². The summed E-state index contributed by atoms with van der Waals surface area (Å²) in [6, 6.07) is 15.8. The van der Waals surface area contributed by atoms with Crippen LogP contribution < -0.4 is 4.74 Å². The van der Waals surface area contributed by atoms with E-state index in [1.54, 1.807) is 7.11 Å². The van der Waals surface area contributed by atoms with E-state index in [1.165, 1.54) is 6.42 Å². The first-order valence-corrected chi connectivity index (χ1v) is 10.4. The number of allylic oxidation sites excluding steroid dienone is 2. The second-order valence-electron chi connectivity index (χ2n) is 7.08. The predicted molar refractivity (Wildman–Crippen MR) is 114 cm³/mol. The van der Waals surface area contributed by atoms with Crippen molar-refractivity contribution in [1.82, 2.24) is 0 Å². The van der Waals surface area contributed by atoms with Gasteiger partial charge in [-0.2, -0.15) is 0 Å². The first kappa shape index (κ1) is 20.9. The lowest BCUT2D eigenvalue weighted by Crippen LogP contribution is -2.31. The number of unbranched alkanes of at least 4 members (excludes halogenated alkanes) is 1. The molecule has 4 heteroatoms. The molecule has 1 saturated heterocycles. The van der Waals surface area contributed by atoms with Crippen molar-refractivity contribution in [1.29, 1.82) is 0 Å². The minimum atomic E-state index is -0.476. The van der Waals surface area contributed by atoms with E-state index in [9.17, 15) is 0 Å². The lowest BCUT2D eigenvalue weighted by molar-refractivity contribution is -0.245. The standard InChI is InChI=1S/C24H29ClO3/c1-3-4-5-6-7-12-18-17-27-24(19-13-8-10-15-21(19)25)28-23(18)20-14-9-11-16-22(20)26-2/h5-6,8-11,13-16,18,23-24H,3-4,7,12,17H2,1-2H3/b6-5-. The molecule has 0 saturated carbocycles. The number of halogens is 1. The molecule has 0 bridgehead atoms. The highest BCUT2D eigenvalue weighted by Crippen LogP contribution is 2.44. The molecule has 1 aliphatic rings. The van der Waals surface area contributed by atoms with Crippen LogP contribution in [-0.2, 0) is 9.47 Å². The maximum Gasteiger partial charge on any atom is 0.185 e. The molecule has 150 valence electrons. The van der Waals surface area contributed by atoms with E-state index in [2.05, 4.69) is 25.1 Å². The Morgan fingerprint density at radius 2 is 1.75 bits per heavy atom. The normalized spacial score (nSPS) is 22.5. The van der Waals surface area contributed by atoms with Crippen molar-refractivity contribution in [3.05, 3.63) is 76.8 Å². The quantitative estimate of drug-likeness (QED) is 0.451. The Labute approximate surface area is 173 Å². The molecule has 3 atom stereocenters. The Bertz CT molecular complexity index is 774. The number of methoxy groups -OCH3 is 1. The summed E-state index contributed by atoms with van der Waals surface area (Å²) >= 11 is 6.38. The fourth-order valence-corrected chi connectivity index (χ4v) is 3.81. The molecule has 2 aromatic rings. The third-order valence-corrected chi connectivity index (χ3v) is 5.43. The summed E-state index contributed by atoms with van der Waals surface area (Å²) in [7, 11) is 1.70. The van der Waals surface area contributed by atoms with Crippen molar-refractivity contribution in [2.75, 3.05) is 13.7 Å². The van der Waals surface area contributed by atoms with Crippen LogP contribution >= 0.6 is 11.6 Å². The van der Waals surface area contributed by atoms with Crippen LogP contribution in [0.4, 0.5) is 0 Å². The van der Waals surface area contributed by atoms with Gasteiger partial charge >= 0.3 is 0 Å². The van der Waals surface area contributed by atoms with E-state index in [1.807, 2.05) is 42.5 Å². The number of rotatable bonds is 8.